The maximum atomic E-state index is 13.6. The molecule has 5 heterocycles. The van der Waals surface area contributed by atoms with Crippen LogP contribution in [0.1, 0.15) is 69.0 Å². The van der Waals surface area contributed by atoms with Crippen molar-refractivity contribution < 1.29 is 4.79 Å². The predicted octanol–water partition coefficient (Wildman–Crippen LogP) is 3.41. The quantitative estimate of drug-likeness (QED) is 0.776. The van der Waals surface area contributed by atoms with Crippen molar-refractivity contribution in [2.75, 3.05) is 37.6 Å². The van der Waals surface area contributed by atoms with Crippen molar-refractivity contribution in [2.24, 2.45) is 17.8 Å². The molecule has 7 nitrogen and oxygen atoms in total. The molecule has 1 atom stereocenters. The maximum Gasteiger partial charge on any atom is 0.227 e. The van der Waals surface area contributed by atoms with E-state index in [1.54, 1.807) is 0 Å². The summed E-state index contributed by atoms with van der Waals surface area (Å²) < 4.78 is 2.01. The van der Waals surface area contributed by atoms with Crippen LogP contribution in [-0.4, -0.2) is 58.1 Å². The van der Waals surface area contributed by atoms with Gasteiger partial charge in [-0.2, -0.15) is 9.61 Å². The number of anilines is 1. The van der Waals surface area contributed by atoms with Gasteiger partial charge in [-0.05, 0) is 50.5 Å². The molecule has 2 saturated heterocycles. The number of hydrogen-bond acceptors (Lipinski definition) is 5. The van der Waals surface area contributed by atoms with E-state index in [-0.39, 0.29) is 5.92 Å². The SMILES string of the molecule is O=C(C1CCCN(c2c3c(nc4ccnn24)CNCC3)C1)N1CCC(C2CCCCC2)CC1. The molecule has 0 bridgehead atoms. The summed E-state index contributed by atoms with van der Waals surface area (Å²) in [6.07, 6.45) is 14.4. The lowest BCUT2D eigenvalue weighted by Gasteiger charge is -2.41. The van der Waals surface area contributed by atoms with E-state index in [9.17, 15) is 4.79 Å². The molecule has 6 rings (SSSR count). The zero-order valence-corrected chi connectivity index (χ0v) is 19.8. The van der Waals surface area contributed by atoms with Gasteiger partial charge in [0, 0.05) is 44.4 Å². The first kappa shape index (κ1) is 21.4. The van der Waals surface area contributed by atoms with Crippen LogP contribution in [-0.2, 0) is 17.8 Å². The number of nitrogens with one attached hydrogen (secondary N) is 1. The van der Waals surface area contributed by atoms with E-state index in [0.29, 0.717) is 5.91 Å². The number of carbonyl (C=O) groups excluding carboxylic acids is 1. The molecule has 4 aliphatic rings. The lowest BCUT2D eigenvalue weighted by Crippen LogP contribution is -2.48. The third kappa shape index (κ3) is 4.13. The minimum Gasteiger partial charge on any atom is -0.355 e. The number of nitrogens with zero attached hydrogens (tertiary/aromatic N) is 5. The van der Waals surface area contributed by atoms with Gasteiger partial charge in [0.15, 0.2) is 5.65 Å². The zero-order valence-electron chi connectivity index (χ0n) is 19.8. The average Bonchev–Trinajstić information content (AvgIpc) is 3.35. The van der Waals surface area contributed by atoms with Crippen molar-refractivity contribution in [2.45, 2.75) is 70.8 Å². The van der Waals surface area contributed by atoms with Crippen LogP contribution in [0.3, 0.4) is 0 Å². The third-order valence-electron chi connectivity index (χ3n) is 8.77. The first-order chi connectivity index (χ1) is 16.3. The molecular formula is C26H38N6O. The molecule has 1 N–H and O–H groups in total. The minimum absolute atomic E-state index is 0.0983. The lowest BCUT2D eigenvalue weighted by atomic mass is 9.75. The van der Waals surface area contributed by atoms with Crippen molar-refractivity contribution >= 4 is 17.4 Å². The molecule has 3 fully saturated rings. The van der Waals surface area contributed by atoms with Crippen LogP contribution < -0.4 is 10.2 Å². The molecule has 1 aliphatic carbocycles. The second-order valence-corrected chi connectivity index (χ2v) is 10.7. The van der Waals surface area contributed by atoms with Crippen molar-refractivity contribution in [3.05, 3.63) is 23.5 Å². The normalized spacial score (nSPS) is 25.4. The fraction of sp³-hybridized carbons (Fsp3) is 0.731. The van der Waals surface area contributed by atoms with E-state index >= 15 is 0 Å². The van der Waals surface area contributed by atoms with Crippen molar-refractivity contribution in [3.63, 3.8) is 0 Å². The molecule has 0 aromatic carbocycles. The zero-order chi connectivity index (χ0) is 22.2. The van der Waals surface area contributed by atoms with Gasteiger partial charge in [0.05, 0.1) is 17.8 Å². The summed E-state index contributed by atoms with van der Waals surface area (Å²) in [7, 11) is 0. The van der Waals surface area contributed by atoms with Gasteiger partial charge in [-0.3, -0.25) is 4.79 Å². The van der Waals surface area contributed by atoms with Crippen LogP contribution in [0.4, 0.5) is 5.82 Å². The third-order valence-corrected chi connectivity index (χ3v) is 8.77. The fourth-order valence-corrected chi connectivity index (χ4v) is 6.98. The Morgan fingerprint density at radius 3 is 2.64 bits per heavy atom. The Bertz CT molecular complexity index is 988. The Labute approximate surface area is 196 Å². The second-order valence-electron chi connectivity index (χ2n) is 10.7. The highest BCUT2D eigenvalue weighted by Crippen LogP contribution is 2.36. The summed E-state index contributed by atoms with van der Waals surface area (Å²) in [5, 5.41) is 8.06. The molecule has 0 radical (unpaired) electrons. The summed E-state index contributed by atoms with van der Waals surface area (Å²) in [5.41, 5.74) is 3.36. The van der Waals surface area contributed by atoms with E-state index in [4.69, 9.17) is 4.98 Å². The molecule has 0 spiro atoms. The summed E-state index contributed by atoms with van der Waals surface area (Å²) in [5.74, 6) is 3.44. The number of rotatable bonds is 3. The predicted molar refractivity (Wildman–Crippen MR) is 129 cm³/mol. The molecule has 1 amide bonds. The Balaban J connectivity index is 1.16. The average molecular weight is 451 g/mol. The molecule has 1 unspecified atom stereocenters. The van der Waals surface area contributed by atoms with Crippen LogP contribution in [0.5, 0.6) is 0 Å². The standard InChI is InChI=1S/C26H38N6O/c33-26(30-15-10-20(11-16-30)19-5-2-1-3-6-19)21-7-4-14-31(18-21)25-22-8-12-27-17-23(22)29-24-9-13-28-32(24)25/h9,13,19-21,27H,1-8,10-12,14-18H2. The summed E-state index contributed by atoms with van der Waals surface area (Å²) >= 11 is 0. The van der Waals surface area contributed by atoms with Crippen molar-refractivity contribution in [1.29, 1.82) is 0 Å². The van der Waals surface area contributed by atoms with E-state index in [1.165, 1.54) is 56.3 Å². The van der Waals surface area contributed by atoms with Gasteiger partial charge in [0.1, 0.15) is 5.82 Å². The van der Waals surface area contributed by atoms with E-state index in [0.717, 1.165) is 81.7 Å². The van der Waals surface area contributed by atoms with Gasteiger partial charge >= 0.3 is 0 Å². The van der Waals surface area contributed by atoms with E-state index in [1.807, 2.05) is 16.8 Å². The smallest absolute Gasteiger partial charge is 0.227 e. The Morgan fingerprint density at radius 2 is 1.79 bits per heavy atom. The second kappa shape index (κ2) is 9.24. The highest BCUT2D eigenvalue weighted by Gasteiger charge is 2.35. The van der Waals surface area contributed by atoms with Crippen LogP contribution in [0.15, 0.2) is 12.3 Å². The Morgan fingerprint density at radius 1 is 0.970 bits per heavy atom. The Kier molecular flexibility index (Phi) is 5.99. The van der Waals surface area contributed by atoms with Gasteiger partial charge in [-0.1, -0.05) is 32.1 Å². The van der Waals surface area contributed by atoms with E-state index < -0.39 is 0 Å². The summed E-state index contributed by atoms with van der Waals surface area (Å²) in [6, 6.07) is 1.99. The maximum absolute atomic E-state index is 13.6. The minimum atomic E-state index is 0.0983. The number of carbonyl (C=O) groups is 1. The molecule has 1 saturated carbocycles. The number of likely N-dealkylation sites (tertiary alicyclic amines) is 1. The van der Waals surface area contributed by atoms with Crippen LogP contribution in [0.2, 0.25) is 0 Å². The molecular weight excluding hydrogens is 412 g/mol. The molecule has 2 aromatic heterocycles. The van der Waals surface area contributed by atoms with E-state index in [2.05, 4.69) is 20.2 Å². The number of aromatic nitrogens is 3. The van der Waals surface area contributed by atoms with Gasteiger partial charge in [-0.25, -0.2) is 4.98 Å². The lowest BCUT2D eigenvalue weighted by molar-refractivity contribution is -0.137. The highest BCUT2D eigenvalue weighted by molar-refractivity contribution is 5.80. The first-order valence-electron chi connectivity index (χ1n) is 13.4. The highest BCUT2D eigenvalue weighted by atomic mass is 16.2. The van der Waals surface area contributed by atoms with Gasteiger partial charge in [0.2, 0.25) is 5.91 Å². The van der Waals surface area contributed by atoms with Crippen LogP contribution in [0, 0.1) is 17.8 Å². The molecule has 7 heteroatoms. The number of fused-ring (bicyclic) bond motifs is 2. The molecule has 33 heavy (non-hydrogen) atoms. The molecule has 3 aliphatic heterocycles. The number of hydrogen-bond donors (Lipinski definition) is 1. The molecule has 2 aromatic rings. The number of piperidine rings is 2. The fourth-order valence-electron chi connectivity index (χ4n) is 6.98. The monoisotopic (exact) mass is 450 g/mol. The summed E-state index contributed by atoms with van der Waals surface area (Å²) in [4.78, 5) is 23.0. The van der Waals surface area contributed by atoms with Crippen molar-refractivity contribution in [3.8, 4) is 0 Å². The Hall–Kier alpha value is -2.15. The topological polar surface area (TPSA) is 65.8 Å². The molecule has 178 valence electrons. The van der Waals surface area contributed by atoms with Crippen molar-refractivity contribution in [1.82, 2.24) is 24.8 Å². The van der Waals surface area contributed by atoms with Crippen LogP contribution in [0.25, 0.3) is 5.65 Å². The summed E-state index contributed by atoms with van der Waals surface area (Å²) in [6.45, 7) is 5.52. The van der Waals surface area contributed by atoms with Gasteiger partial charge < -0.3 is 15.1 Å². The van der Waals surface area contributed by atoms with Crippen LogP contribution >= 0.6 is 0 Å². The first-order valence-corrected chi connectivity index (χ1v) is 13.4. The largest absolute Gasteiger partial charge is 0.355 e. The van der Waals surface area contributed by atoms with Gasteiger partial charge in [0.25, 0.3) is 0 Å². The van der Waals surface area contributed by atoms with Gasteiger partial charge in [-0.15, -0.1) is 0 Å². The number of amides is 1.